The standard InChI is InChI=1S/C34H46N4O7/c1-8-10-12-13-21-17-28(21)45-33(41)37-29(34(3,4)5)31(39)38-20-23(19-27(38)32(40)43-7)44-30-25(14-11-9-2)35-24-16-15-22(42-6)18-26(24)36-30/h9-10,12,15-16,18,21,23,27-29H,2,8,11,13-14,17,19-20H2,1,3-7H3,(H,37,41)/b12-10-/t21-,23-,27+,28-,29-/m1/s1. The van der Waals surface area contributed by atoms with Gasteiger partial charge in [0.1, 0.15) is 35.7 Å². The number of rotatable bonds is 13. The van der Waals surface area contributed by atoms with E-state index in [1.807, 2.05) is 32.9 Å². The number of fused-ring (bicyclic) bond motifs is 1. The molecule has 2 fully saturated rings. The van der Waals surface area contributed by atoms with E-state index in [1.165, 1.54) is 12.0 Å². The highest BCUT2D eigenvalue weighted by atomic mass is 16.6. The maximum absolute atomic E-state index is 14.1. The second-order valence-electron chi connectivity index (χ2n) is 12.7. The van der Waals surface area contributed by atoms with Crippen molar-refractivity contribution in [2.75, 3.05) is 20.8 Å². The molecule has 1 N–H and O–H groups in total. The summed E-state index contributed by atoms with van der Waals surface area (Å²) >= 11 is 0. The van der Waals surface area contributed by atoms with Crippen molar-refractivity contribution in [3.8, 4) is 11.6 Å². The molecule has 1 aromatic heterocycles. The number of aromatic nitrogens is 2. The molecule has 2 aromatic rings. The van der Waals surface area contributed by atoms with Crippen LogP contribution in [0.1, 0.15) is 65.5 Å². The molecule has 45 heavy (non-hydrogen) atoms. The smallest absolute Gasteiger partial charge is 0.408 e. The molecule has 2 aliphatic rings. The third-order valence-corrected chi connectivity index (χ3v) is 8.12. The highest BCUT2D eigenvalue weighted by molar-refractivity contribution is 5.91. The summed E-state index contributed by atoms with van der Waals surface area (Å²) < 4.78 is 22.4. The highest BCUT2D eigenvalue weighted by Crippen LogP contribution is 2.37. The first-order valence-corrected chi connectivity index (χ1v) is 15.6. The summed E-state index contributed by atoms with van der Waals surface area (Å²) in [5.74, 6) is 0.266. The van der Waals surface area contributed by atoms with E-state index in [0.29, 0.717) is 41.2 Å². The van der Waals surface area contributed by atoms with Crippen LogP contribution in [0.3, 0.4) is 0 Å². The van der Waals surface area contributed by atoms with Gasteiger partial charge in [-0.3, -0.25) is 4.79 Å². The Morgan fingerprint density at radius 1 is 1.13 bits per heavy atom. The lowest BCUT2D eigenvalue weighted by Gasteiger charge is -2.34. The van der Waals surface area contributed by atoms with Gasteiger partial charge in [-0.05, 0) is 49.7 Å². The van der Waals surface area contributed by atoms with Crippen LogP contribution in [-0.4, -0.2) is 77.9 Å². The summed E-state index contributed by atoms with van der Waals surface area (Å²) in [4.78, 5) is 50.9. The molecule has 244 valence electrons. The van der Waals surface area contributed by atoms with Crippen molar-refractivity contribution >= 4 is 29.0 Å². The van der Waals surface area contributed by atoms with Gasteiger partial charge in [-0.1, -0.05) is 45.9 Å². The topological polar surface area (TPSA) is 129 Å². The normalized spacial score (nSPS) is 21.8. The SMILES string of the molecule is C=CCCc1nc2ccc(OC)cc2nc1O[C@@H]1C[C@@H](C(=O)OC)N(C(=O)[C@@H](NC(=O)O[C@@H]2C[C@H]2C/C=C\CC)C(C)(C)C)C1. The predicted molar refractivity (Wildman–Crippen MR) is 170 cm³/mol. The number of allylic oxidation sites excluding steroid dienone is 3. The maximum atomic E-state index is 14.1. The minimum atomic E-state index is -0.954. The summed E-state index contributed by atoms with van der Waals surface area (Å²) in [6.45, 7) is 11.5. The van der Waals surface area contributed by atoms with Gasteiger partial charge in [-0.25, -0.2) is 19.6 Å². The molecule has 0 bridgehead atoms. The zero-order valence-corrected chi connectivity index (χ0v) is 27.2. The summed E-state index contributed by atoms with van der Waals surface area (Å²) in [6, 6.07) is 3.57. The van der Waals surface area contributed by atoms with Crippen molar-refractivity contribution in [3.05, 3.63) is 48.7 Å². The van der Waals surface area contributed by atoms with Gasteiger partial charge in [-0.15, -0.1) is 6.58 Å². The number of benzene rings is 1. The highest BCUT2D eigenvalue weighted by Gasteiger charge is 2.47. The Morgan fingerprint density at radius 3 is 2.58 bits per heavy atom. The monoisotopic (exact) mass is 622 g/mol. The first-order valence-electron chi connectivity index (χ1n) is 15.6. The molecule has 0 radical (unpaired) electrons. The Labute approximate surface area is 265 Å². The maximum Gasteiger partial charge on any atom is 0.408 e. The molecule has 1 aliphatic heterocycles. The Hall–Kier alpha value is -4.15. The Balaban J connectivity index is 1.53. The second-order valence-corrected chi connectivity index (χ2v) is 12.7. The molecule has 1 aliphatic carbocycles. The molecule has 2 amide bonds. The number of aryl methyl sites for hydroxylation is 1. The van der Waals surface area contributed by atoms with Crippen molar-refractivity contribution in [1.82, 2.24) is 20.2 Å². The minimum Gasteiger partial charge on any atom is -0.497 e. The van der Waals surface area contributed by atoms with Crippen LogP contribution in [0.25, 0.3) is 11.0 Å². The van der Waals surface area contributed by atoms with E-state index in [2.05, 4.69) is 31.0 Å². The van der Waals surface area contributed by atoms with Crippen LogP contribution in [0.15, 0.2) is 43.0 Å². The fraction of sp³-hybridized carbons (Fsp3) is 0.559. The fourth-order valence-electron chi connectivity index (χ4n) is 5.47. The number of amides is 2. The zero-order chi connectivity index (χ0) is 32.7. The van der Waals surface area contributed by atoms with Gasteiger partial charge in [0.25, 0.3) is 0 Å². The number of likely N-dealkylation sites (tertiary alicyclic amines) is 1. The number of carbonyl (C=O) groups is 3. The number of esters is 1. The van der Waals surface area contributed by atoms with Crippen LogP contribution in [0.2, 0.25) is 0 Å². The molecule has 11 nitrogen and oxygen atoms in total. The average molecular weight is 623 g/mol. The lowest BCUT2D eigenvalue weighted by molar-refractivity contribution is -0.152. The van der Waals surface area contributed by atoms with E-state index >= 15 is 0 Å². The number of methoxy groups -OCH3 is 2. The molecule has 1 aromatic carbocycles. The van der Waals surface area contributed by atoms with Gasteiger partial charge in [0.15, 0.2) is 0 Å². The molecule has 1 saturated heterocycles. The first kappa shape index (κ1) is 33.7. The molecule has 2 heterocycles. The number of nitrogens with zero attached hydrogens (tertiary/aromatic N) is 3. The van der Waals surface area contributed by atoms with Gasteiger partial charge < -0.3 is 29.2 Å². The average Bonchev–Trinajstić information content (AvgIpc) is 3.60. The lowest BCUT2D eigenvalue weighted by Crippen LogP contribution is -2.57. The van der Waals surface area contributed by atoms with Crippen molar-refractivity contribution in [2.24, 2.45) is 11.3 Å². The quantitative estimate of drug-likeness (QED) is 0.238. The minimum absolute atomic E-state index is 0.0924. The summed E-state index contributed by atoms with van der Waals surface area (Å²) in [6.07, 6.45) is 8.63. The van der Waals surface area contributed by atoms with E-state index in [4.69, 9.17) is 28.9 Å². The van der Waals surface area contributed by atoms with Gasteiger partial charge in [0.2, 0.25) is 11.8 Å². The van der Waals surface area contributed by atoms with E-state index in [-0.39, 0.29) is 25.0 Å². The molecule has 1 saturated carbocycles. The van der Waals surface area contributed by atoms with Crippen LogP contribution in [-0.2, 0) is 25.5 Å². The van der Waals surface area contributed by atoms with Crippen LogP contribution in [0, 0.1) is 11.3 Å². The van der Waals surface area contributed by atoms with E-state index in [0.717, 1.165) is 19.3 Å². The molecule has 11 heteroatoms. The summed E-state index contributed by atoms with van der Waals surface area (Å²) in [7, 11) is 2.86. The van der Waals surface area contributed by atoms with Crippen molar-refractivity contribution < 1.29 is 33.3 Å². The molecule has 0 unspecified atom stereocenters. The van der Waals surface area contributed by atoms with E-state index < -0.39 is 41.6 Å². The van der Waals surface area contributed by atoms with Gasteiger partial charge in [0, 0.05) is 18.4 Å². The number of ether oxygens (including phenoxy) is 4. The first-order chi connectivity index (χ1) is 21.5. The van der Waals surface area contributed by atoms with Crippen molar-refractivity contribution in [3.63, 3.8) is 0 Å². The van der Waals surface area contributed by atoms with E-state index in [1.54, 1.807) is 19.3 Å². The summed E-state index contributed by atoms with van der Waals surface area (Å²) in [5.41, 5.74) is 1.26. The molecule has 0 spiro atoms. The second kappa shape index (κ2) is 14.8. The van der Waals surface area contributed by atoms with Crippen LogP contribution in [0.5, 0.6) is 11.6 Å². The van der Waals surface area contributed by atoms with Gasteiger partial charge in [-0.2, -0.15) is 0 Å². The van der Waals surface area contributed by atoms with Crippen molar-refractivity contribution in [2.45, 2.75) is 90.5 Å². The largest absolute Gasteiger partial charge is 0.497 e. The zero-order valence-electron chi connectivity index (χ0n) is 27.2. The third kappa shape index (κ3) is 8.52. The Bertz CT molecular complexity index is 1420. The number of hydrogen-bond donors (Lipinski definition) is 1. The number of nitrogens with one attached hydrogen (secondary N) is 1. The number of alkyl carbamates (subject to hydrolysis) is 1. The van der Waals surface area contributed by atoms with Crippen LogP contribution < -0.4 is 14.8 Å². The molecular weight excluding hydrogens is 576 g/mol. The van der Waals surface area contributed by atoms with Gasteiger partial charge >= 0.3 is 12.1 Å². The molecule has 4 rings (SSSR count). The Kier molecular flexibility index (Phi) is 11.1. The molecular formula is C34H46N4O7. The Morgan fingerprint density at radius 2 is 1.91 bits per heavy atom. The third-order valence-electron chi connectivity index (χ3n) is 8.12. The predicted octanol–water partition coefficient (Wildman–Crippen LogP) is 5.16. The van der Waals surface area contributed by atoms with Gasteiger partial charge in [0.05, 0.1) is 31.8 Å². The van der Waals surface area contributed by atoms with Crippen LogP contribution in [0.4, 0.5) is 4.79 Å². The summed E-state index contributed by atoms with van der Waals surface area (Å²) in [5, 5.41) is 2.79. The lowest BCUT2D eigenvalue weighted by atomic mass is 9.85. The number of hydrogen-bond acceptors (Lipinski definition) is 9. The fourth-order valence-corrected chi connectivity index (χ4v) is 5.47. The van der Waals surface area contributed by atoms with E-state index in [9.17, 15) is 14.4 Å². The van der Waals surface area contributed by atoms with Crippen molar-refractivity contribution in [1.29, 1.82) is 0 Å². The molecule has 5 atom stereocenters. The number of carbonyl (C=O) groups excluding carboxylic acids is 3. The van der Waals surface area contributed by atoms with Crippen LogP contribution >= 0.6 is 0 Å².